The van der Waals surface area contributed by atoms with Crippen molar-refractivity contribution in [3.63, 3.8) is 0 Å². The van der Waals surface area contributed by atoms with Gasteiger partial charge in [0.15, 0.2) is 0 Å². The highest BCUT2D eigenvalue weighted by Crippen LogP contribution is 2.44. The van der Waals surface area contributed by atoms with Crippen LogP contribution in [0.25, 0.3) is 0 Å². The first-order valence-electron chi connectivity index (χ1n) is 6.13. The van der Waals surface area contributed by atoms with E-state index in [2.05, 4.69) is 0 Å². The minimum atomic E-state index is -2.66. The van der Waals surface area contributed by atoms with E-state index in [1.807, 2.05) is 24.3 Å². The fraction of sp³-hybridized carbons (Fsp3) is 0.571. The van der Waals surface area contributed by atoms with E-state index < -0.39 is 5.92 Å². The number of alkyl halides is 2. The van der Waals surface area contributed by atoms with Crippen LogP contribution in [0.2, 0.25) is 0 Å². The molecule has 1 aromatic carbocycles. The third-order valence-electron chi connectivity index (χ3n) is 3.79. The highest BCUT2D eigenvalue weighted by Gasteiger charge is 2.39. The van der Waals surface area contributed by atoms with Gasteiger partial charge in [-0.3, -0.25) is 0 Å². The molecule has 0 spiro atoms. The van der Waals surface area contributed by atoms with E-state index in [1.165, 1.54) is 0 Å². The van der Waals surface area contributed by atoms with Gasteiger partial charge in [0.1, 0.15) is 0 Å². The summed E-state index contributed by atoms with van der Waals surface area (Å²) in [6.07, 6.45) is 3.00. The number of benzene rings is 1. The Balaban J connectivity index is 2.34. The predicted molar refractivity (Wildman–Crippen MR) is 65.4 cm³/mol. The molecule has 17 heavy (non-hydrogen) atoms. The van der Waals surface area contributed by atoms with Gasteiger partial charge in [0, 0.05) is 18.4 Å². The molecule has 94 valence electrons. The van der Waals surface area contributed by atoms with Crippen LogP contribution in [-0.2, 0) is 11.8 Å². The van der Waals surface area contributed by atoms with Crippen LogP contribution in [0.3, 0.4) is 0 Å². The Kier molecular flexibility index (Phi) is 3.21. The molecule has 1 aromatic rings. The minimum absolute atomic E-state index is 0.0398. The zero-order valence-corrected chi connectivity index (χ0v) is 10.2. The molecule has 0 atom stereocenters. The highest BCUT2D eigenvalue weighted by atomic mass is 19.3. The largest absolute Gasteiger partial charge is 0.330 e. The molecule has 0 aliphatic heterocycles. The lowest BCUT2D eigenvalue weighted by molar-refractivity contribution is 0.0219. The van der Waals surface area contributed by atoms with Crippen LogP contribution >= 0.6 is 0 Å². The average molecular weight is 239 g/mol. The van der Waals surface area contributed by atoms with Crippen molar-refractivity contribution < 1.29 is 8.78 Å². The molecule has 0 amide bonds. The second-order valence-corrected chi connectivity index (χ2v) is 5.24. The summed E-state index contributed by atoms with van der Waals surface area (Å²) in [7, 11) is 0. The van der Waals surface area contributed by atoms with E-state index in [9.17, 15) is 8.78 Å². The van der Waals surface area contributed by atoms with Crippen molar-refractivity contribution in [1.29, 1.82) is 0 Å². The Morgan fingerprint density at radius 3 is 2.41 bits per heavy atom. The summed E-state index contributed by atoms with van der Waals surface area (Å²) in [5, 5.41) is 0. The topological polar surface area (TPSA) is 26.0 Å². The van der Waals surface area contributed by atoms with Crippen molar-refractivity contribution in [2.24, 2.45) is 5.73 Å². The Morgan fingerprint density at radius 1 is 1.29 bits per heavy atom. The smallest absolute Gasteiger partial charge is 0.249 e. The van der Waals surface area contributed by atoms with Gasteiger partial charge in [-0.05, 0) is 30.9 Å². The number of hydrogen-bond acceptors (Lipinski definition) is 1. The van der Waals surface area contributed by atoms with Crippen LogP contribution in [0.1, 0.15) is 37.3 Å². The summed E-state index contributed by atoms with van der Waals surface area (Å²) in [5.41, 5.74) is 7.60. The van der Waals surface area contributed by atoms with Crippen LogP contribution in [0, 0.1) is 0 Å². The summed E-state index contributed by atoms with van der Waals surface area (Å²) in [4.78, 5) is 0. The number of rotatable bonds is 4. The van der Waals surface area contributed by atoms with Crippen LogP contribution < -0.4 is 5.73 Å². The van der Waals surface area contributed by atoms with E-state index in [0.717, 1.165) is 37.3 Å². The van der Waals surface area contributed by atoms with Gasteiger partial charge in [0.2, 0.25) is 5.92 Å². The van der Waals surface area contributed by atoms with Crippen LogP contribution in [0.4, 0.5) is 8.78 Å². The van der Waals surface area contributed by atoms with E-state index in [0.29, 0.717) is 6.54 Å². The first-order chi connectivity index (χ1) is 7.97. The van der Waals surface area contributed by atoms with Gasteiger partial charge in [-0.15, -0.1) is 0 Å². The molecule has 0 bridgehead atoms. The second kappa shape index (κ2) is 4.37. The van der Waals surface area contributed by atoms with E-state index in [4.69, 9.17) is 5.73 Å². The van der Waals surface area contributed by atoms with Crippen LogP contribution in [0.15, 0.2) is 24.3 Å². The SMILES string of the molecule is CC(F)(F)Cc1ccccc1C1(CN)CCC1. The molecular weight excluding hydrogens is 220 g/mol. The molecule has 2 N–H and O–H groups in total. The first-order valence-corrected chi connectivity index (χ1v) is 6.13. The summed E-state index contributed by atoms with van der Waals surface area (Å²) in [5.74, 6) is -2.66. The van der Waals surface area contributed by atoms with Crippen molar-refractivity contribution in [1.82, 2.24) is 0 Å². The van der Waals surface area contributed by atoms with Crippen molar-refractivity contribution in [2.45, 2.75) is 43.9 Å². The number of nitrogens with two attached hydrogens (primary N) is 1. The van der Waals surface area contributed by atoms with Gasteiger partial charge < -0.3 is 5.73 Å². The molecule has 3 heteroatoms. The van der Waals surface area contributed by atoms with Crippen molar-refractivity contribution >= 4 is 0 Å². The van der Waals surface area contributed by atoms with Gasteiger partial charge in [0.25, 0.3) is 0 Å². The summed E-state index contributed by atoms with van der Waals surface area (Å²) < 4.78 is 26.3. The maximum absolute atomic E-state index is 13.2. The molecule has 1 aliphatic rings. The van der Waals surface area contributed by atoms with Crippen LogP contribution in [0.5, 0.6) is 0 Å². The average Bonchev–Trinajstić information content (AvgIpc) is 2.17. The summed E-state index contributed by atoms with van der Waals surface area (Å²) in [6, 6.07) is 7.52. The molecule has 0 unspecified atom stereocenters. The normalized spacial score (nSPS) is 18.8. The van der Waals surface area contributed by atoms with Gasteiger partial charge in [-0.2, -0.15) is 0 Å². The quantitative estimate of drug-likeness (QED) is 0.857. The van der Waals surface area contributed by atoms with E-state index >= 15 is 0 Å². The standard InChI is InChI=1S/C14H19F2N/c1-13(15,16)9-11-5-2-3-6-12(11)14(10-17)7-4-8-14/h2-3,5-6H,4,7-10,17H2,1H3. The lowest BCUT2D eigenvalue weighted by Crippen LogP contribution is -2.42. The zero-order chi connectivity index (χ0) is 12.5. The van der Waals surface area contributed by atoms with E-state index in [1.54, 1.807) is 0 Å². The third kappa shape index (κ3) is 2.49. The third-order valence-corrected chi connectivity index (χ3v) is 3.79. The summed E-state index contributed by atoms with van der Waals surface area (Å²) in [6.45, 7) is 1.53. The molecule has 0 saturated heterocycles. The Labute approximate surface area is 101 Å². The molecule has 0 aromatic heterocycles. The maximum Gasteiger partial charge on any atom is 0.249 e. The van der Waals surface area contributed by atoms with Gasteiger partial charge >= 0.3 is 0 Å². The minimum Gasteiger partial charge on any atom is -0.330 e. The molecular formula is C14H19F2N. The molecule has 1 fully saturated rings. The fourth-order valence-corrected chi connectivity index (χ4v) is 2.71. The Bertz CT molecular complexity index is 386. The number of hydrogen-bond donors (Lipinski definition) is 1. The van der Waals surface area contributed by atoms with Gasteiger partial charge in [-0.25, -0.2) is 8.78 Å². The zero-order valence-electron chi connectivity index (χ0n) is 10.2. The predicted octanol–water partition coefficient (Wildman–Crippen LogP) is 3.26. The molecule has 1 aliphatic carbocycles. The second-order valence-electron chi connectivity index (χ2n) is 5.24. The first kappa shape index (κ1) is 12.5. The Hall–Kier alpha value is -0.960. The molecule has 2 rings (SSSR count). The summed E-state index contributed by atoms with van der Waals surface area (Å²) >= 11 is 0. The highest BCUT2D eigenvalue weighted by molar-refractivity contribution is 5.37. The van der Waals surface area contributed by atoms with E-state index in [-0.39, 0.29) is 11.8 Å². The monoisotopic (exact) mass is 239 g/mol. The maximum atomic E-state index is 13.2. The van der Waals surface area contributed by atoms with Gasteiger partial charge in [0.05, 0.1) is 0 Å². The molecule has 0 radical (unpaired) electrons. The van der Waals surface area contributed by atoms with Crippen molar-refractivity contribution in [3.05, 3.63) is 35.4 Å². The lowest BCUT2D eigenvalue weighted by atomic mass is 9.63. The molecule has 1 nitrogen and oxygen atoms in total. The molecule has 0 heterocycles. The van der Waals surface area contributed by atoms with Crippen molar-refractivity contribution in [2.75, 3.05) is 6.54 Å². The number of halogens is 2. The Morgan fingerprint density at radius 2 is 1.94 bits per heavy atom. The van der Waals surface area contributed by atoms with Crippen LogP contribution in [-0.4, -0.2) is 12.5 Å². The van der Waals surface area contributed by atoms with Crippen molar-refractivity contribution in [3.8, 4) is 0 Å². The molecule has 1 saturated carbocycles. The van der Waals surface area contributed by atoms with Gasteiger partial charge in [-0.1, -0.05) is 30.7 Å². The fourth-order valence-electron chi connectivity index (χ4n) is 2.71. The lowest BCUT2D eigenvalue weighted by Gasteiger charge is -2.43.